The van der Waals surface area contributed by atoms with E-state index in [1.807, 2.05) is 69.4 Å². The number of allylic oxidation sites excluding steroid dienone is 1. The van der Waals surface area contributed by atoms with Crippen molar-refractivity contribution in [3.05, 3.63) is 70.9 Å². The summed E-state index contributed by atoms with van der Waals surface area (Å²) in [6, 6.07) is 15.2. The molecule has 6 nitrogen and oxygen atoms in total. The number of esters is 1. The van der Waals surface area contributed by atoms with E-state index in [4.69, 9.17) is 26.4 Å². The molecule has 1 atom stereocenters. The maximum Gasteiger partial charge on any atom is 0.338 e. The Hall–Kier alpha value is -3.06. The fourth-order valence-corrected chi connectivity index (χ4v) is 3.64. The molecule has 0 radical (unpaired) electrons. The van der Waals surface area contributed by atoms with Crippen LogP contribution in [0.2, 0.25) is 0 Å². The predicted molar refractivity (Wildman–Crippen MR) is 124 cm³/mol. The van der Waals surface area contributed by atoms with E-state index < -0.39 is 6.04 Å². The number of carbonyl (C=O) groups excluding carboxylic acids is 1. The average Bonchev–Trinajstić information content (AvgIpc) is 2.77. The highest BCUT2D eigenvalue weighted by Crippen LogP contribution is 2.36. The lowest BCUT2D eigenvalue weighted by Gasteiger charge is -2.35. The summed E-state index contributed by atoms with van der Waals surface area (Å²) in [5.74, 6) is 0.890. The maximum atomic E-state index is 12.7. The first-order valence-electron chi connectivity index (χ1n) is 10.3. The third-order valence-corrected chi connectivity index (χ3v) is 5.48. The summed E-state index contributed by atoms with van der Waals surface area (Å²) in [6.45, 7) is 6.80. The van der Waals surface area contributed by atoms with Crippen molar-refractivity contribution in [1.82, 2.24) is 10.2 Å². The summed E-state index contributed by atoms with van der Waals surface area (Å²) >= 11 is 5.46. The van der Waals surface area contributed by atoms with E-state index >= 15 is 0 Å². The van der Waals surface area contributed by atoms with Gasteiger partial charge in [0.2, 0.25) is 0 Å². The molecule has 1 unspecified atom stereocenters. The van der Waals surface area contributed by atoms with Crippen LogP contribution >= 0.6 is 12.2 Å². The van der Waals surface area contributed by atoms with Crippen LogP contribution in [0.25, 0.3) is 0 Å². The lowest BCUT2D eigenvalue weighted by Crippen LogP contribution is -2.46. The normalized spacial score (nSPS) is 16.1. The molecule has 0 aliphatic carbocycles. The molecule has 0 fully saturated rings. The van der Waals surface area contributed by atoms with Crippen molar-refractivity contribution in [3.63, 3.8) is 0 Å². The molecule has 1 N–H and O–H groups in total. The Balaban J connectivity index is 1.94. The molecule has 0 spiro atoms. The number of nitrogens with zero attached hydrogens (tertiary/aromatic N) is 1. The van der Waals surface area contributed by atoms with E-state index in [1.165, 1.54) is 0 Å². The number of rotatable bonds is 8. The summed E-state index contributed by atoms with van der Waals surface area (Å²) < 4.78 is 17.2. The summed E-state index contributed by atoms with van der Waals surface area (Å²) in [7, 11) is 1.83. The van der Waals surface area contributed by atoms with E-state index in [0.717, 1.165) is 16.8 Å². The van der Waals surface area contributed by atoms with Gasteiger partial charge in [-0.05, 0) is 56.2 Å². The third kappa shape index (κ3) is 5.17. The van der Waals surface area contributed by atoms with Gasteiger partial charge in [-0.25, -0.2) is 4.79 Å². The molecule has 1 aliphatic heterocycles. The zero-order valence-electron chi connectivity index (χ0n) is 18.3. The molecule has 2 aromatic carbocycles. The maximum absolute atomic E-state index is 12.7. The minimum absolute atomic E-state index is 0.299. The van der Waals surface area contributed by atoms with Gasteiger partial charge in [-0.15, -0.1) is 0 Å². The SMILES string of the molecule is CCOC(=O)C1=C(C)N(C)C(=S)NC1c1ccc(OCc2ccccc2)c(OCC)c1. The molecule has 1 heterocycles. The van der Waals surface area contributed by atoms with Crippen molar-refractivity contribution >= 4 is 23.3 Å². The lowest BCUT2D eigenvalue weighted by molar-refractivity contribution is -0.139. The molecular weight excluding hydrogens is 412 g/mol. The van der Waals surface area contributed by atoms with E-state index in [0.29, 0.717) is 42.0 Å². The number of nitrogens with one attached hydrogen (secondary N) is 1. The standard InChI is InChI=1S/C24H28N2O4S/c1-5-28-20-14-18(12-13-19(20)30-15-17-10-8-7-9-11-17)22-21(23(27)29-6-2)16(3)26(4)24(31)25-22/h7-14,22H,5-6,15H2,1-4H3,(H,25,31). The fourth-order valence-electron chi connectivity index (χ4n) is 3.39. The molecule has 164 valence electrons. The highest BCUT2D eigenvalue weighted by Gasteiger charge is 2.33. The summed E-state index contributed by atoms with van der Waals surface area (Å²) in [5, 5.41) is 3.79. The Morgan fingerprint density at radius 2 is 1.81 bits per heavy atom. The fraction of sp³-hybridized carbons (Fsp3) is 0.333. The minimum Gasteiger partial charge on any atom is -0.490 e. The van der Waals surface area contributed by atoms with Gasteiger partial charge < -0.3 is 24.4 Å². The van der Waals surface area contributed by atoms with E-state index in [9.17, 15) is 4.79 Å². The Labute approximate surface area is 188 Å². The van der Waals surface area contributed by atoms with Crippen LogP contribution in [0.3, 0.4) is 0 Å². The molecular formula is C24H28N2O4S. The quantitative estimate of drug-likeness (QED) is 0.483. The molecule has 31 heavy (non-hydrogen) atoms. The molecule has 0 saturated heterocycles. The van der Waals surface area contributed by atoms with Gasteiger partial charge in [0.15, 0.2) is 16.6 Å². The number of benzene rings is 2. The molecule has 0 amide bonds. The topological polar surface area (TPSA) is 60.0 Å². The lowest BCUT2D eigenvalue weighted by atomic mass is 9.95. The average molecular weight is 441 g/mol. The van der Waals surface area contributed by atoms with Crippen molar-refractivity contribution in [2.75, 3.05) is 20.3 Å². The van der Waals surface area contributed by atoms with E-state index in [2.05, 4.69) is 5.32 Å². The molecule has 1 aliphatic rings. The largest absolute Gasteiger partial charge is 0.490 e. The molecule has 0 bridgehead atoms. The Morgan fingerprint density at radius 1 is 1.06 bits per heavy atom. The molecule has 2 aromatic rings. The van der Waals surface area contributed by atoms with Gasteiger partial charge >= 0.3 is 5.97 Å². The van der Waals surface area contributed by atoms with Crippen molar-refractivity contribution in [3.8, 4) is 11.5 Å². The highest BCUT2D eigenvalue weighted by atomic mass is 32.1. The van der Waals surface area contributed by atoms with Gasteiger partial charge in [0, 0.05) is 12.7 Å². The van der Waals surface area contributed by atoms with Gasteiger partial charge in [-0.3, -0.25) is 0 Å². The highest BCUT2D eigenvalue weighted by molar-refractivity contribution is 7.80. The molecule has 0 saturated carbocycles. The molecule has 0 aromatic heterocycles. The van der Waals surface area contributed by atoms with Crippen LogP contribution in [0.4, 0.5) is 0 Å². The first-order valence-corrected chi connectivity index (χ1v) is 10.7. The number of hydrogen-bond acceptors (Lipinski definition) is 5. The second kappa shape index (κ2) is 10.3. The Kier molecular flexibility index (Phi) is 7.52. The Morgan fingerprint density at radius 3 is 2.48 bits per heavy atom. The van der Waals surface area contributed by atoms with Gasteiger partial charge in [0.1, 0.15) is 6.61 Å². The van der Waals surface area contributed by atoms with Crippen LogP contribution in [0.1, 0.15) is 37.9 Å². The van der Waals surface area contributed by atoms with Crippen molar-refractivity contribution in [2.45, 2.75) is 33.4 Å². The smallest absolute Gasteiger partial charge is 0.338 e. The van der Waals surface area contributed by atoms with Crippen molar-refractivity contribution in [2.24, 2.45) is 0 Å². The van der Waals surface area contributed by atoms with Gasteiger partial charge in [0.05, 0.1) is 24.8 Å². The van der Waals surface area contributed by atoms with Crippen LogP contribution in [0.5, 0.6) is 11.5 Å². The first kappa shape index (κ1) is 22.6. The van der Waals surface area contributed by atoms with Crippen LogP contribution < -0.4 is 14.8 Å². The number of thiocarbonyl (C=S) groups is 1. The molecule has 3 rings (SSSR count). The zero-order chi connectivity index (χ0) is 22.4. The summed E-state index contributed by atoms with van der Waals surface area (Å²) in [4.78, 5) is 14.5. The molecule has 7 heteroatoms. The van der Waals surface area contributed by atoms with Crippen molar-refractivity contribution in [1.29, 1.82) is 0 Å². The Bertz CT molecular complexity index is 975. The minimum atomic E-state index is -0.440. The second-order valence-corrected chi connectivity index (χ2v) is 7.46. The zero-order valence-corrected chi connectivity index (χ0v) is 19.1. The van der Waals surface area contributed by atoms with E-state index in [1.54, 1.807) is 11.8 Å². The summed E-state index contributed by atoms with van der Waals surface area (Å²) in [5.41, 5.74) is 3.20. The van der Waals surface area contributed by atoms with Crippen LogP contribution in [0, 0.1) is 0 Å². The first-order chi connectivity index (χ1) is 15.0. The van der Waals surface area contributed by atoms with Crippen molar-refractivity contribution < 1.29 is 19.0 Å². The van der Waals surface area contributed by atoms with Crippen LogP contribution in [-0.2, 0) is 16.1 Å². The second-order valence-electron chi connectivity index (χ2n) is 7.07. The van der Waals surface area contributed by atoms with Gasteiger partial charge in [-0.1, -0.05) is 36.4 Å². The third-order valence-electron chi connectivity index (χ3n) is 5.09. The van der Waals surface area contributed by atoms with Crippen LogP contribution in [0.15, 0.2) is 59.8 Å². The van der Waals surface area contributed by atoms with Crippen LogP contribution in [-0.4, -0.2) is 36.2 Å². The predicted octanol–water partition coefficient (Wildman–Crippen LogP) is 4.36. The number of hydrogen-bond donors (Lipinski definition) is 1. The van der Waals surface area contributed by atoms with E-state index in [-0.39, 0.29) is 5.97 Å². The summed E-state index contributed by atoms with van der Waals surface area (Å²) in [6.07, 6.45) is 0. The van der Waals surface area contributed by atoms with Gasteiger partial charge in [0.25, 0.3) is 0 Å². The monoisotopic (exact) mass is 440 g/mol. The number of carbonyl (C=O) groups is 1. The number of ether oxygens (including phenoxy) is 3. The van der Waals surface area contributed by atoms with Gasteiger partial charge in [-0.2, -0.15) is 0 Å².